The van der Waals surface area contributed by atoms with Gasteiger partial charge in [0.05, 0.1) is 6.61 Å². The van der Waals surface area contributed by atoms with Crippen molar-refractivity contribution in [3.8, 4) is 0 Å². The number of allylic oxidation sites excluding steroid dienone is 2. The Kier molecular flexibility index (Phi) is 5.30. The minimum atomic E-state index is -2.11. The largest absolute Gasteiger partial charge is 0.485 e. The van der Waals surface area contributed by atoms with Crippen LogP contribution in [0.25, 0.3) is 0 Å². The highest BCUT2D eigenvalue weighted by Gasteiger charge is 2.50. The van der Waals surface area contributed by atoms with Crippen molar-refractivity contribution in [1.82, 2.24) is 0 Å². The van der Waals surface area contributed by atoms with Gasteiger partial charge in [-0.2, -0.15) is 0 Å². The quantitative estimate of drug-likeness (QED) is 0.720. The molecule has 0 unspecified atom stereocenters. The van der Waals surface area contributed by atoms with Gasteiger partial charge < -0.3 is 23.7 Å². The Labute approximate surface area is 168 Å². The number of ketones is 1. The lowest BCUT2D eigenvalue weighted by Gasteiger charge is -2.39. The number of hydrogen-bond acceptors (Lipinski definition) is 6. The SMILES string of the molecule is CC1(C)OC[C@H]([C@H]2OC(C3(O)C=CC(=O)C=C3)=C[C@H]2O[Si](C)(C)C(C)(C)C)O1. The molecule has 0 aromatic heterocycles. The maximum atomic E-state index is 11.5. The predicted molar refractivity (Wildman–Crippen MR) is 108 cm³/mol. The molecule has 0 aromatic carbocycles. The van der Waals surface area contributed by atoms with Crippen molar-refractivity contribution in [2.45, 2.75) is 82.5 Å². The number of carbonyl (C=O) groups is 1. The zero-order chi connectivity index (χ0) is 21.0. The third kappa shape index (κ3) is 4.18. The lowest BCUT2D eigenvalue weighted by Crippen LogP contribution is -2.49. The molecule has 156 valence electrons. The first-order valence-corrected chi connectivity index (χ1v) is 12.7. The van der Waals surface area contributed by atoms with E-state index < -0.39 is 25.8 Å². The number of carbonyl (C=O) groups excluding carboxylic acids is 1. The number of rotatable bonds is 4. The van der Waals surface area contributed by atoms with Gasteiger partial charge in [-0.15, -0.1) is 0 Å². The van der Waals surface area contributed by atoms with Gasteiger partial charge in [0.2, 0.25) is 0 Å². The first kappa shape index (κ1) is 21.5. The zero-order valence-electron chi connectivity index (χ0n) is 17.8. The fourth-order valence-electron chi connectivity index (χ4n) is 3.20. The summed E-state index contributed by atoms with van der Waals surface area (Å²) in [5, 5.41) is 11.0. The van der Waals surface area contributed by atoms with E-state index in [1.165, 1.54) is 24.3 Å². The lowest BCUT2D eigenvalue weighted by atomic mass is 9.95. The van der Waals surface area contributed by atoms with Gasteiger partial charge in [0.15, 0.2) is 31.6 Å². The van der Waals surface area contributed by atoms with Gasteiger partial charge in [-0.05, 0) is 62.4 Å². The minimum absolute atomic E-state index is 0.0222. The van der Waals surface area contributed by atoms with Crippen LogP contribution in [0.1, 0.15) is 34.6 Å². The van der Waals surface area contributed by atoms with E-state index in [1.54, 1.807) is 0 Å². The highest BCUT2D eigenvalue weighted by molar-refractivity contribution is 6.74. The van der Waals surface area contributed by atoms with Crippen molar-refractivity contribution in [2.75, 3.05) is 6.61 Å². The molecule has 1 aliphatic carbocycles. The number of aliphatic hydroxyl groups is 1. The first-order valence-electron chi connectivity index (χ1n) is 9.76. The summed E-state index contributed by atoms with van der Waals surface area (Å²) in [5.74, 6) is -0.496. The standard InChI is InChI=1S/C21H32O6Si/c1-19(2,3)28(6,7)27-15-12-17(21(23)10-8-14(22)9-11-21)25-18(15)16-13-24-20(4,5)26-16/h8-12,15-16,18,23H,13H2,1-7H3/t15-,16-,18+/m1/s1. The van der Waals surface area contributed by atoms with Gasteiger partial charge in [0.25, 0.3) is 0 Å². The summed E-state index contributed by atoms with van der Waals surface area (Å²) in [4.78, 5) is 11.5. The Hall–Kier alpha value is -1.25. The van der Waals surface area contributed by atoms with E-state index in [0.29, 0.717) is 12.4 Å². The number of hydrogen-bond donors (Lipinski definition) is 1. The summed E-state index contributed by atoms with van der Waals surface area (Å²) in [6, 6.07) is 0. The second-order valence-electron chi connectivity index (χ2n) is 9.72. The van der Waals surface area contributed by atoms with Crippen molar-refractivity contribution < 1.29 is 28.5 Å². The molecule has 2 aliphatic heterocycles. The van der Waals surface area contributed by atoms with E-state index >= 15 is 0 Å². The van der Waals surface area contributed by atoms with Crippen molar-refractivity contribution in [3.63, 3.8) is 0 Å². The van der Waals surface area contributed by atoms with E-state index in [0.717, 1.165) is 0 Å². The van der Waals surface area contributed by atoms with Crippen LogP contribution in [0.15, 0.2) is 36.1 Å². The monoisotopic (exact) mass is 408 g/mol. The molecule has 6 nitrogen and oxygen atoms in total. The van der Waals surface area contributed by atoms with E-state index in [9.17, 15) is 9.90 Å². The van der Waals surface area contributed by atoms with Gasteiger partial charge in [-0.25, -0.2) is 0 Å². The summed E-state index contributed by atoms with van der Waals surface area (Å²) in [7, 11) is -2.11. The molecule has 3 atom stereocenters. The normalized spacial score (nSPS) is 31.8. The predicted octanol–water partition coefficient (Wildman–Crippen LogP) is 3.24. The molecule has 0 radical (unpaired) electrons. The Morgan fingerprint density at radius 3 is 2.32 bits per heavy atom. The molecular weight excluding hydrogens is 376 g/mol. The molecule has 3 rings (SSSR count). The van der Waals surface area contributed by atoms with Crippen LogP contribution < -0.4 is 0 Å². The Morgan fingerprint density at radius 1 is 1.21 bits per heavy atom. The average molecular weight is 409 g/mol. The number of ether oxygens (including phenoxy) is 3. The van der Waals surface area contributed by atoms with E-state index in [1.807, 2.05) is 19.9 Å². The smallest absolute Gasteiger partial charge is 0.193 e. The molecule has 1 N–H and O–H groups in total. The lowest BCUT2D eigenvalue weighted by molar-refractivity contribution is -0.157. The molecule has 0 aromatic rings. The maximum Gasteiger partial charge on any atom is 0.193 e. The molecule has 3 aliphatic rings. The molecular formula is C21H32O6Si. The van der Waals surface area contributed by atoms with Crippen molar-refractivity contribution in [2.24, 2.45) is 0 Å². The van der Waals surface area contributed by atoms with Crippen molar-refractivity contribution in [1.29, 1.82) is 0 Å². The zero-order valence-corrected chi connectivity index (χ0v) is 18.8. The average Bonchev–Trinajstić information content (AvgIpc) is 3.12. The molecule has 2 heterocycles. The summed E-state index contributed by atoms with van der Waals surface area (Å²) in [6.45, 7) is 15.0. The molecule has 0 saturated carbocycles. The van der Waals surface area contributed by atoms with Crippen LogP contribution in [-0.2, 0) is 23.4 Å². The minimum Gasteiger partial charge on any atom is -0.485 e. The van der Waals surface area contributed by atoms with Gasteiger partial charge >= 0.3 is 0 Å². The highest BCUT2D eigenvalue weighted by atomic mass is 28.4. The molecule has 1 fully saturated rings. The third-order valence-electron chi connectivity index (χ3n) is 5.93. The van der Waals surface area contributed by atoms with Gasteiger partial charge in [-0.1, -0.05) is 20.8 Å². The van der Waals surface area contributed by atoms with E-state index in [2.05, 4.69) is 33.9 Å². The van der Waals surface area contributed by atoms with Crippen molar-refractivity contribution in [3.05, 3.63) is 36.1 Å². The van der Waals surface area contributed by atoms with Gasteiger partial charge in [-0.3, -0.25) is 4.79 Å². The molecule has 1 saturated heterocycles. The molecule has 7 heteroatoms. The fraction of sp³-hybridized carbons (Fsp3) is 0.667. The van der Waals surface area contributed by atoms with Crippen LogP contribution in [-0.4, -0.2) is 55.5 Å². The van der Waals surface area contributed by atoms with Gasteiger partial charge in [0.1, 0.15) is 18.0 Å². The Morgan fingerprint density at radius 2 is 1.82 bits per heavy atom. The maximum absolute atomic E-state index is 11.5. The summed E-state index contributed by atoms with van der Waals surface area (Å²) >= 11 is 0. The summed E-state index contributed by atoms with van der Waals surface area (Å²) in [6.07, 6.45) is 6.28. The van der Waals surface area contributed by atoms with E-state index in [4.69, 9.17) is 18.6 Å². The van der Waals surface area contributed by atoms with Crippen LogP contribution in [0, 0.1) is 0 Å². The van der Waals surface area contributed by atoms with Crippen LogP contribution in [0.4, 0.5) is 0 Å². The first-order chi connectivity index (χ1) is 12.7. The highest BCUT2D eigenvalue weighted by Crippen LogP contribution is 2.42. The topological polar surface area (TPSA) is 74.2 Å². The Balaban J connectivity index is 1.89. The van der Waals surface area contributed by atoms with Crippen LogP contribution >= 0.6 is 0 Å². The second-order valence-corrected chi connectivity index (χ2v) is 14.5. The molecule has 0 amide bonds. The third-order valence-corrected chi connectivity index (χ3v) is 10.4. The fourth-order valence-corrected chi connectivity index (χ4v) is 4.44. The van der Waals surface area contributed by atoms with Crippen molar-refractivity contribution >= 4 is 14.1 Å². The van der Waals surface area contributed by atoms with Crippen LogP contribution in [0.3, 0.4) is 0 Å². The Bertz CT molecular complexity index is 712. The molecule has 28 heavy (non-hydrogen) atoms. The second kappa shape index (κ2) is 6.92. The molecule has 0 spiro atoms. The van der Waals surface area contributed by atoms with Gasteiger partial charge in [0, 0.05) is 0 Å². The molecule has 0 bridgehead atoms. The van der Waals surface area contributed by atoms with Crippen LogP contribution in [0.2, 0.25) is 18.1 Å². The van der Waals surface area contributed by atoms with Crippen LogP contribution in [0.5, 0.6) is 0 Å². The van der Waals surface area contributed by atoms with E-state index in [-0.39, 0.29) is 23.0 Å². The summed E-state index contributed by atoms with van der Waals surface area (Å²) in [5.41, 5.74) is -1.47. The summed E-state index contributed by atoms with van der Waals surface area (Å²) < 4.78 is 24.6.